The fraction of sp³-hybridized carbons (Fsp3) is 0.286. The monoisotopic (exact) mass is 470 g/mol. The molecule has 0 saturated carbocycles. The third-order valence-electron chi connectivity index (χ3n) is 5.06. The average molecular weight is 470 g/mol. The number of benzene rings is 1. The largest absolute Gasteiger partial charge is 0.480 e. The van der Waals surface area contributed by atoms with Crippen LogP contribution >= 0.6 is 0 Å². The second-order valence-corrected chi connectivity index (χ2v) is 7.49. The number of carboxylic acids is 1. The van der Waals surface area contributed by atoms with E-state index in [1.807, 2.05) is 6.92 Å². The van der Waals surface area contributed by atoms with Crippen LogP contribution < -0.4 is 26.8 Å². The van der Waals surface area contributed by atoms with Gasteiger partial charge in [-0.2, -0.15) is 0 Å². The maximum absolute atomic E-state index is 12.5. The number of aliphatic carboxylic acids is 1. The van der Waals surface area contributed by atoms with Crippen molar-refractivity contribution in [1.82, 2.24) is 9.78 Å². The number of aryl methyl sites for hydroxylation is 1. The van der Waals surface area contributed by atoms with E-state index in [4.69, 9.17) is 0 Å². The zero-order chi connectivity index (χ0) is 25.0. The molecule has 0 aliphatic heterocycles. The molecule has 178 valence electrons. The number of hydrogen-bond acceptors (Lipinski definition) is 9. The molecule has 3 rings (SSSR count). The molecule has 0 fully saturated rings. The Morgan fingerprint density at radius 3 is 2.41 bits per heavy atom. The van der Waals surface area contributed by atoms with Gasteiger partial charge in [-0.15, -0.1) is 4.68 Å². The number of nitrogens with one attached hydrogen (secondary N) is 3. The Morgan fingerprint density at radius 2 is 1.82 bits per heavy atom. The molecule has 0 spiro atoms. The molecule has 0 saturated heterocycles. The van der Waals surface area contributed by atoms with Gasteiger partial charge in [0.1, 0.15) is 30.7 Å². The lowest BCUT2D eigenvalue weighted by molar-refractivity contribution is -0.391. The summed E-state index contributed by atoms with van der Waals surface area (Å²) in [5.74, 6) is -2.20. The minimum atomic E-state index is -1.22. The van der Waals surface area contributed by atoms with Gasteiger partial charge < -0.3 is 31.2 Å². The lowest BCUT2D eigenvalue weighted by atomic mass is 10.0. The Hall–Kier alpha value is -4.55. The molecule has 4 N–H and O–H groups in total. The molecule has 3 aromatic rings. The van der Waals surface area contributed by atoms with Crippen LogP contribution in [0.2, 0.25) is 0 Å². The fourth-order valence-corrected chi connectivity index (χ4v) is 3.28. The first kappa shape index (κ1) is 24.1. The van der Waals surface area contributed by atoms with E-state index < -0.39 is 33.7 Å². The minimum Gasteiger partial charge on any atom is -0.480 e. The summed E-state index contributed by atoms with van der Waals surface area (Å²) < 4.78 is 1.02. The van der Waals surface area contributed by atoms with Gasteiger partial charge in [0.15, 0.2) is 5.69 Å². The molecule has 0 aliphatic rings. The van der Waals surface area contributed by atoms with Gasteiger partial charge in [0.25, 0.3) is 16.8 Å². The van der Waals surface area contributed by atoms with E-state index in [0.29, 0.717) is 18.5 Å². The smallest absolute Gasteiger partial charge is 0.368 e. The number of rotatable bonds is 11. The average Bonchev–Trinajstić information content (AvgIpc) is 3.17. The van der Waals surface area contributed by atoms with Crippen molar-refractivity contribution in [3.63, 3.8) is 0 Å². The van der Waals surface area contributed by atoms with E-state index in [1.54, 1.807) is 0 Å². The van der Waals surface area contributed by atoms with E-state index in [1.165, 1.54) is 37.5 Å². The molecular weight excluding hydrogens is 448 g/mol. The number of hydrogen-bond donors (Lipinski definition) is 4. The molecule has 34 heavy (non-hydrogen) atoms. The fourth-order valence-electron chi connectivity index (χ4n) is 3.28. The summed E-state index contributed by atoms with van der Waals surface area (Å²) in [6, 6.07) is 4.75. The SMILES string of the molecule is CCCNc1c(N[C@@H](Cc2ccc(C(=O)Nc3cnn(C)c3[N+](=O)[O-])cc2)C(=O)O)c(=O)c1=O. The third kappa shape index (κ3) is 4.92. The van der Waals surface area contributed by atoms with Gasteiger partial charge >= 0.3 is 11.8 Å². The summed E-state index contributed by atoms with van der Waals surface area (Å²) in [5, 5.41) is 32.3. The summed E-state index contributed by atoms with van der Waals surface area (Å²) in [5.41, 5.74) is -0.766. The van der Waals surface area contributed by atoms with Gasteiger partial charge in [-0.1, -0.05) is 24.2 Å². The predicted octanol–water partition coefficient (Wildman–Crippen LogP) is 1.11. The second kappa shape index (κ2) is 9.94. The highest BCUT2D eigenvalue weighted by Gasteiger charge is 2.27. The Balaban J connectivity index is 1.70. The van der Waals surface area contributed by atoms with E-state index in [2.05, 4.69) is 21.0 Å². The molecule has 13 heteroatoms. The molecule has 1 heterocycles. The Kier molecular flexibility index (Phi) is 7.04. The first-order valence-electron chi connectivity index (χ1n) is 10.3. The van der Waals surface area contributed by atoms with Crippen LogP contribution in [0.4, 0.5) is 22.9 Å². The normalized spacial score (nSPS) is 11.7. The summed E-state index contributed by atoms with van der Waals surface area (Å²) >= 11 is 0. The van der Waals surface area contributed by atoms with Gasteiger partial charge in [-0.3, -0.25) is 14.4 Å². The number of carbonyl (C=O) groups excluding carboxylic acids is 1. The second-order valence-electron chi connectivity index (χ2n) is 7.49. The highest BCUT2D eigenvalue weighted by molar-refractivity contribution is 6.05. The van der Waals surface area contributed by atoms with Crippen LogP contribution in [0.1, 0.15) is 29.3 Å². The van der Waals surface area contributed by atoms with Crippen molar-refractivity contribution >= 4 is 34.8 Å². The Morgan fingerprint density at radius 1 is 1.18 bits per heavy atom. The Bertz CT molecular complexity index is 1300. The molecule has 0 radical (unpaired) electrons. The molecule has 0 unspecified atom stereocenters. The molecule has 0 bridgehead atoms. The molecule has 13 nitrogen and oxygen atoms in total. The highest BCUT2D eigenvalue weighted by atomic mass is 16.6. The van der Waals surface area contributed by atoms with Crippen molar-refractivity contribution in [1.29, 1.82) is 0 Å². The van der Waals surface area contributed by atoms with Crippen molar-refractivity contribution in [3.05, 3.63) is 72.2 Å². The van der Waals surface area contributed by atoms with Crippen molar-refractivity contribution in [2.24, 2.45) is 7.05 Å². The number of anilines is 3. The van der Waals surface area contributed by atoms with Gasteiger partial charge in [0.05, 0.1) is 0 Å². The molecule has 0 aliphatic carbocycles. The van der Waals surface area contributed by atoms with Crippen molar-refractivity contribution in [2.45, 2.75) is 25.8 Å². The van der Waals surface area contributed by atoms with Gasteiger partial charge in [-0.25, -0.2) is 4.79 Å². The van der Waals surface area contributed by atoms with Crippen LogP contribution in [-0.4, -0.2) is 44.3 Å². The number of carbonyl (C=O) groups is 2. The molecule has 1 aromatic heterocycles. The maximum atomic E-state index is 12.5. The summed E-state index contributed by atoms with van der Waals surface area (Å²) in [6.45, 7) is 2.34. The predicted molar refractivity (Wildman–Crippen MR) is 123 cm³/mol. The van der Waals surface area contributed by atoms with Crippen molar-refractivity contribution in [2.75, 3.05) is 22.5 Å². The summed E-state index contributed by atoms with van der Waals surface area (Å²) in [4.78, 5) is 58.3. The van der Waals surface area contributed by atoms with E-state index in [-0.39, 0.29) is 34.9 Å². The van der Waals surface area contributed by atoms with Crippen LogP contribution in [0.5, 0.6) is 0 Å². The molecular formula is C21H22N6O7. The number of aromatic nitrogens is 2. The topological polar surface area (TPSA) is 186 Å². The zero-order valence-electron chi connectivity index (χ0n) is 18.3. The third-order valence-corrected chi connectivity index (χ3v) is 5.06. The Labute approximate surface area is 192 Å². The molecule has 1 amide bonds. The first-order chi connectivity index (χ1) is 16.1. The van der Waals surface area contributed by atoms with Crippen LogP contribution in [0.25, 0.3) is 0 Å². The number of nitrogens with zero attached hydrogens (tertiary/aromatic N) is 3. The van der Waals surface area contributed by atoms with Crippen LogP contribution in [0, 0.1) is 10.1 Å². The maximum Gasteiger partial charge on any atom is 0.368 e. The number of amides is 1. The summed E-state index contributed by atoms with van der Waals surface area (Å²) in [7, 11) is 1.38. The van der Waals surface area contributed by atoms with Crippen molar-refractivity contribution < 1.29 is 19.6 Å². The van der Waals surface area contributed by atoms with E-state index in [9.17, 15) is 34.4 Å². The van der Waals surface area contributed by atoms with E-state index >= 15 is 0 Å². The lowest BCUT2D eigenvalue weighted by Crippen LogP contribution is -2.42. The zero-order valence-corrected chi connectivity index (χ0v) is 18.3. The number of carboxylic acid groups (broad SMARTS) is 1. The van der Waals surface area contributed by atoms with Crippen LogP contribution in [0.3, 0.4) is 0 Å². The number of nitro groups is 1. The quantitative estimate of drug-likeness (QED) is 0.180. The van der Waals surface area contributed by atoms with Crippen molar-refractivity contribution in [3.8, 4) is 0 Å². The molecule has 2 aromatic carbocycles. The minimum absolute atomic E-state index is 0.0304. The summed E-state index contributed by atoms with van der Waals surface area (Å²) in [6.07, 6.45) is 1.85. The van der Waals surface area contributed by atoms with Gasteiger partial charge in [0.2, 0.25) is 0 Å². The van der Waals surface area contributed by atoms with Crippen LogP contribution in [0.15, 0.2) is 40.1 Å². The first-order valence-corrected chi connectivity index (χ1v) is 10.3. The standard InChI is InChI=1S/C21H22N6O7/c1-3-8-22-15-16(18(29)17(15)28)24-13(21(31)32)9-11-4-6-12(7-5-11)19(30)25-14-10-23-26(2)20(14)27(33)34/h4-7,10,13,22,24H,3,8-9H2,1-2H3,(H,25,30)(H,31,32)/t13-/m0/s1. The van der Waals surface area contributed by atoms with Crippen LogP contribution in [-0.2, 0) is 18.3 Å². The van der Waals surface area contributed by atoms with Gasteiger partial charge in [-0.05, 0) is 29.0 Å². The lowest BCUT2D eigenvalue weighted by Gasteiger charge is -2.19. The molecule has 1 atom stereocenters. The van der Waals surface area contributed by atoms with Gasteiger partial charge in [0, 0.05) is 18.5 Å². The highest BCUT2D eigenvalue weighted by Crippen LogP contribution is 2.23. The van der Waals surface area contributed by atoms with E-state index in [0.717, 1.165) is 4.68 Å².